The number of ether oxygens (including phenoxy) is 2. The molecule has 35 heavy (non-hydrogen) atoms. The molecule has 1 aliphatic carbocycles. The molecule has 1 saturated carbocycles. The van der Waals surface area contributed by atoms with Crippen LogP contribution < -0.4 is 5.56 Å². The fourth-order valence-corrected chi connectivity index (χ4v) is 5.61. The molecule has 184 valence electrons. The normalized spacial score (nSPS) is 18.7. The van der Waals surface area contributed by atoms with E-state index in [1.54, 1.807) is 28.5 Å². The summed E-state index contributed by atoms with van der Waals surface area (Å²) >= 11 is 6.61. The molecule has 11 heteroatoms. The summed E-state index contributed by atoms with van der Waals surface area (Å²) in [4.78, 5) is 25.3. The first-order valence-corrected chi connectivity index (χ1v) is 12.4. The Labute approximate surface area is 206 Å². The molecule has 1 saturated heterocycles. The summed E-state index contributed by atoms with van der Waals surface area (Å²) < 4.78 is 20.4. The van der Waals surface area contributed by atoms with E-state index in [9.17, 15) is 4.79 Å². The third-order valence-electron chi connectivity index (χ3n) is 7.29. The van der Waals surface area contributed by atoms with Gasteiger partial charge in [0.2, 0.25) is 5.82 Å². The van der Waals surface area contributed by atoms with Gasteiger partial charge in [0, 0.05) is 33.3 Å². The molecule has 0 bridgehead atoms. The lowest BCUT2D eigenvalue weighted by Crippen LogP contribution is -2.39. The molecule has 0 N–H and O–H groups in total. The van der Waals surface area contributed by atoms with Gasteiger partial charge in [-0.15, -0.1) is 0 Å². The molecule has 2 aliphatic rings. The summed E-state index contributed by atoms with van der Waals surface area (Å²) in [5.74, 6) is 0.717. The van der Waals surface area contributed by atoms with Crippen molar-refractivity contribution < 1.29 is 14.0 Å². The van der Waals surface area contributed by atoms with E-state index in [-0.39, 0.29) is 11.4 Å². The van der Waals surface area contributed by atoms with E-state index in [0.29, 0.717) is 53.9 Å². The minimum atomic E-state index is -0.546. The Morgan fingerprint density at radius 3 is 2.71 bits per heavy atom. The predicted molar refractivity (Wildman–Crippen MR) is 130 cm³/mol. The van der Waals surface area contributed by atoms with E-state index >= 15 is 0 Å². The van der Waals surface area contributed by atoms with E-state index < -0.39 is 5.60 Å². The molecule has 4 aromatic rings. The van der Waals surface area contributed by atoms with Crippen LogP contribution in [0.5, 0.6) is 0 Å². The zero-order valence-electron chi connectivity index (χ0n) is 19.6. The van der Waals surface area contributed by atoms with Crippen molar-refractivity contribution in [3.63, 3.8) is 0 Å². The van der Waals surface area contributed by atoms with Gasteiger partial charge in [0.25, 0.3) is 11.4 Å². The summed E-state index contributed by atoms with van der Waals surface area (Å²) in [5, 5.41) is 4.74. The number of rotatable bonds is 6. The van der Waals surface area contributed by atoms with Gasteiger partial charge in [0.05, 0.1) is 29.3 Å². The van der Waals surface area contributed by atoms with Gasteiger partial charge in [0.1, 0.15) is 17.4 Å². The highest BCUT2D eigenvalue weighted by atomic mass is 35.5. The van der Waals surface area contributed by atoms with Gasteiger partial charge in [-0.25, -0.2) is 4.98 Å². The molecule has 2 fully saturated rings. The minimum absolute atomic E-state index is 0.201. The molecule has 0 amide bonds. The Bertz CT molecular complexity index is 1430. The monoisotopic (exact) mass is 498 g/mol. The summed E-state index contributed by atoms with van der Waals surface area (Å²) in [5.41, 5.74) is 1.47. The molecule has 0 radical (unpaired) electrons. The number of hydrogen-bond acceptors (Lipinski definition) is 8. The van der Waals surface area contributed by atoms with Crippen LogP contribution in [-0.4, -0.2) is 69.0 Å². The van der Waals surface area contributed by atoms with Crippen molar-refractivity contribution in [1.29, 1.82) is 0 Å². The second kappa shape index (κ2) is 9.02. The summed E-state index contributed by atoms with van der Waals surface area (Å²) in [6, 6.07) is 5.60. The number of fused-ring (bicyclic) bond motifs is 3. The first-order valence-electron chi connectivity index (χ1n) is 12.0. The molecule has 6 rings (SSSR count). The molecule has 0 atom stereocenters. The molecule has 0 spiro atoms. The van der Waals surface area contributed by atoms with Crippen molar-refractivity contribution in [2.45, 2.75) is 37.8 Å². The molecule has 10 nitrogen and oxygen atoms in total. The van der Waals surface area contributed by atoms with Gasteiger partial charge in [-0.3, -0.25) is 14.1 Å². The molecule has 1 aliphatic heterocycles. The number of aromatic nitrogens is 5. The highest BCUT2D eigenvalue weighted by Crippen LogP contribution is 2.40. The van der Waals surface area contributed by atoms with Crippen LogP contribution in [0, 0.1) is 0 Å². The predicted octanol–water partition coefficient (Wildman–Crippen LogP) is 3.10. The van der Waals surface area contributed by atoms with E-state index in [4.69, 9.17) is 25.6 Å². The highest BCUT2D eigenvalue weighted by Gasteiger charge is 2.40. The number of hydrogen-bond donors (Lipinski definition) is 0. The van der Waals surface area contributed by atoms with E-state index in [2.05, 4.69) is 20.0 Å². The Hall–Kier alpha value is -2.79. The molecular weight excluding hydrogens is 472 g/mol. The third kappa shape index (κ3) is 3.76. The maximum atomic E-state index is 13.9. The maximum Gasteiger partial charge on any atom is 0.279 e. The number of methoxy groups -OCH3 is 1. The fraction of sp³-hybridized carbons (Fsp3) is 0.500. The van der Waals surface area contributed by atoms with Crippen molar-refractivity contribution in [1.82, 2.24) is 29.0 Å². The first kappa shape index (κ1) is 22.7. The Kier molecular flexibility index (Phi) is 5.84. The standard InChI is InChI=1S/C24H27ClN6O4/c1-33-24(7-2-3-8-24)23-27-21(35-28-23)18-20-22(32)30(10-9-29-11-13-34-14-12-29)19-16(25)5-4-6-17(19)31(20)15-26-18/h4-6,15H,2-3,7-14H2,1H3. The van der Waals surface area contributed by atoms with Crippen LogP contribution in [0.25, 0.3) is 28.1 Å². The lowest BCUT2D eigenvalue weighted by atomic mass is 10.0. The second-order valence-corrected chi connectivity index (χ2v) is 9.57. The van der Waals surface area contributed by atoms with Crippen LogP contribution in [-0.2, 0) is 21.6 Å². The van der Waals surface area contributed by atoms with Crippen molar-refractivity contribution in [3.05, 3.63) is 45.7 Å². The smallest absolute Gasteiger partial charge is 0.279 e. The van der Waals surface area contributed by atoms with E-state index in [0.717, 1.165) is 44.3 Å². The summed E-state index contributed by atoms with van der Waals surface area (Å²) in [6.45, 7) is 4.28. The summed E-state index contributed by atoms with van der Waals surface area (Å²) in [6.07, 6.45) is 5.38. The van der Waals surface area contributed by atoms with Gasteiger partial charge >= 0.3 is 0 Å². The van der Waals surface area contributed by atoms with Crippen LogP contribution in [0.4, 0.5) is 0 Å². The third-order valence-corrected chi connectivity index (χ3v) is 7.60. The Morgan fingerprint density at radius 1 is 1.14 bits per heavy atom. The molecular formula is C24H27ClN6O4. The topological polar surface area (TPSA) is 99.9 Å². The number of para-hydroxylation sites is 1. The fourth-order valence-electron chi connectivity index (χ4n) is 5.34. The van der Waals surface area contributed by atoms with E-state index in [1.165, 1.54) is 0 Å². The number of morpholine rings is 1. The average Bonchev–Trinajstić information content (AvgIpc) is 3.64. The zero-order valence-corrected chi connectivity index (χ0v) is 20.3. The number of benzene rings is 1. The van der Waals surface area contributed by atoms with Crippen LogP contribution in [0.15, 0.2) is 33.8 Å². The Morgan fingerprint density at radius 2 is 1.94 bits per heavy atom. The Balaban J connectivity index is 1.47. The van der Waals surface area contributed by atoms with Crippen LogP contribution in [0.1, 0.15) is 31.5 Å². The highest BCUT2D eigenvalue weighted by molar-refractivity contribution is 6.35. The van der Waals surface area contributed by atoms with E-state index in [1.807, 2.05) is 12.1 Å². The van der Waals surface area contributed by atoms with Gasteiger partial charge in [-0.1, -0.05) is 22.8 Å². The molecule has 1 aromatic carbocycles. The average molecular weight is 499 g/mol. The van der Waals surface area contributed by atoms with Gasteiger partial charge in [-0.05, 0) is 37.8 Å². The zero-order chi connectivity index (χ0) is 24.0. The molecule has 3 aromatic heterocycles. The maximum absolute atomic E-state index is 13.9. The summed E-state index contributed by atoms with van der Waals surface area (Å²) in [7, 11) is 1.68. The number of nitrogens with zero attached hydrogens (tertiary/aromatic N) is 6. The van der Waals surface area contributed by atoms with Crippen molar-refractivity contribution >= 4 is 28.2 Å². The molecule has 0 unspecified atom stereocenters. The second-order valence-electron chi connectivity index (χ2n) is 9.16. The quantitative estimate of drug-likeness (QED) is 0.400. The molecule has 4 heterocycles. The lowest BCUT2D eigenvalue weighted by molar-refractivity contribution is -0.0178. The lowest BCUT2D eigenvalue weighted by Gasteiger charge is -2.27. The van der Waals surface area contributed by atoms with Crippen LogP contribution >= 0.6 is 11.6 Å². The largest absolute Gasteiger partial charge is 0.379 e. The minimum Gasteiger partial charge on any atom is -0.379 e. The SMILES string of the molecule is COC1(c2noc(-c3ncn4c3c(=O)n(CCN3CCOCC3)c3c(Cl)cccc34)n2)CCCC1. The van der Waals surface area contributed by atoms with Gasteiger partial charge in [-0.2, -0.15) is 4.98 Å². The van der Waals surface area contributed by atoms with Gasteiger partial charge < -0.3 is 18.6 Å². The van der Waals surface area contributed by atoms with Gasteiger partial charge in [0.15, 0.2) is 5.69 Å². The number of halogens is 1. The van der Waals surface area contributed by atoms with Crippen LogP contribution in [0.2, 0.25) is 5.02 Å². The van der Waals surface area contributed by atoms with Crippen molar-refractivity contribution in [2.24, 2.45) is 0 Å². The first-order chi connectivity index (χ1) is 17.1. The number of imidazole rings is 1. The van der Waals surface area contributed by atoms with Crippen LogP contribution in [0.3, 0.4) is 0 Å². The van der Waals surface area contributed by atoms with Crippen molar-refractivity contribution in [3.8, 4) is 11.6 Å². The van der Waals surface area contributed by atoms with Crippen molar-refractivity contribution in [2.75, 3.05) is 40.0 Å².